The molecular formula is C9H7F2N. The van der Waals surface area contributed by atoms with E-state index in [4.69, 9.17) is 5.26 Å². The first-order valence-electron chi connectivity index (χ1n) is 3.44. The highest BCUT2D eigenvalue weighted by atomic mass is 19.3. The van der Waals surface area contributed by atoms with Gasteiger partial charge in [-0.1, -0.05) is 11.6 Å². The van der Waals surface area contributed by atoms with Crippen LogP contribution < -0.4 is 0 Å². The lowest BCUT2D eigenvalue weighted by molar-refractivity contribution is 0.151. The molecule has 1 rings (SSSR count). The first-order chi connectivity index (χ1) is 5.65. The molecule has 1 nitrogen and oxygen atoms in total. The third-order valence-corrected chi connectivity index (χ3v) is 1.56. The summed E-state index contributed by atoms with van der Waals surface area (Å²) < 4.78 is 24.5. The van der Waals surface area contributed by atoms with Crippen LogP contribution in [0.3, 0.4) is 0 Å². The van der Waals surface area contributed by atoms with Crippen LogP contribution in [0, 0.1) is 18.3 Å². The van der Waals surface area contributed by atoms with Gasteiger partial charge in [0.05, 0.1) is 11.6 Å². The van der Waals surface area contributed by atoms with Crippen LogP contribution in [0.1, 0.15) is 23.1 Å². The molecule has 0 aliphatic rings. The van der Waals surface area contributed by atoms with Gasteiger partial charge in [0, 0.05) is 5.56 Å². The Hall–Kier alpha value is -1.43. The van der Waals surface area contributed by atoms with E-state index in [-0.39, 0.29) is 11.1 Å². The maximum Gasteiger partial charge on any atom is 0.265 e. The summed E-state index contributed by atoms with van der Waals surface area (Å²) in [7, 11) is 0. The van der Waals surface area contributed by atoms with Crippen molar-refractivity contribution in [3.8, 4) is 6.07 Å². The molecule has 12 heavy (non-hydrogen) atoms. The van der Waals surface area contributed by atoms with Crippen LogP contribution in [0.25, 0.3) is 0 Å². The maximum atomic E-state index is 12.2. The molecular weight excluding hydrogens is 160 g/mol. The average molecular weight is 167 g/mol. The molecule has 0 amide bonds. The number of nitrogens with zero attached hydrogens (tertiary/aromatic N) is 1. The molecule has 0 fully saturated rings. The van der Waals surface area contributed by atoms with Crippen LogP contribution in [-0.2, 0) is 0 Å². The number of nitriles is 1. The Morgan fingerprint density at radius 3 is 2.58 bits per heavy atom. The Bertz CT molecular complexity index is 326. The number of hydrogen-bond donors (Lipinski definition) is 0. The molecule has 0 heterocycles. The second-order valence-electron chi connectivity index (χ2n) is 2.50. The molecule has 0 atom stereocenters. The number of halogens is 2. The average Bonchev–Trinajstić information content (AvgIpc) is 2.04. The van der Waals surface area contributed by atoms with Gasteiger partial charge in [0.2, 0.25) is 0 Å². The Morgan fingerprint density at radius 2 is 2.08 bits per heavy atom. The molecule has 0 N–H and O–H groups in total. The summed E-state index contributed by atoms with van der Waals surface area (Å²) in [5.74, 6) is 0. The summed E-state index contributed by atoms with van der Waals surface area (Å²) in [6.45, 7) is 1.72. The summed E-state index contributed by atoms with van der Waals surface area (Å²) in [5.41, 5.74) is 0.609. The molecule has 0 radical (unpaired) electrons. The first kappa shape index (κ1) is 8.66. The smallest absolute Gasteiger partial charge is 0.205 e. The summed E-state index contributed by atoms with van der Waals surface area (Å²) in [4.78, 5) is 0. The molecule has 0 aliphatic carbocycles. The van der Waals surface area contributed by atoms with E-state index in [0.717, 1.165) is 5.56 Å². The van der Waals surface area contributed by atoms with Crippen LogP contribution in [-0.4, -0.2) is 0 Å². The lowest BCUT2D eigenvalue weighted by Crippen LogP contribution is -1.90. The summed E-state index contributed by atoms with van der Waals surface area (Å²) in [6.07, 6.45) is -2.57. The van der Waals surface area contributed by atoms with Crippen LogP contribution in [0.15, 0.2) is 18.2 Å². The van der Waals surface area contributed by atoms with Crippen molar-refractivity contribution in [2.45, 2.75) is 13.3 Å². The number of aryl methyl sites for hydroxylation is 1. The van der Waals surface area contributed by atoms with Gasteiger partial charge in [-0.05, 0) is 19.1 Å². The topological polar surface area (TPSA) is 23.8 Å². The molecule has 0 saturated carbocycles. The van der Waals surface area contributed by atoms with Crippen molar-refractivity contribution in [3.63, 3.8) is 0 Å². The van der Waals surface area contributed by atoms with E-state index in [9.17, 15) is 8.78 Å². The Balaban J connectivity index is 3.24. The highest BCUT2D eigenvalue weighted by Crippen LogP contribution is 2.23. The molecule has 0 aromatic heterocycles. The van der Waals surface area contributed by atoms with E-state index in [0.29, 0.717) is 0 Å². The van der Waals surface area contributed by atoms with Gasteiger partial charge in [-0.25, -0.2) is 8.78 Å². The van der Waals surface area contributed by atoms with E-state index < -0.39 is 6.43 Å². The summed E-state index contributed by atoms with van der Waals surface area (Å²) in [6, 6.07) is 6.12. The standard InChI is InChI=1S/C9H7F2N/c1-6-2-3-7(5-12)8(4-6)9(10)11/h2-4,9H,1H3. The second-order valence-corrected chi connectivity index (χ2v) is 2.50. The van der Waals surface area contributed by atoms with Crippen molar-refractivity contribution in [3.05, 3.63) is 34.9 Å². The van der Waals surface area contributed by atoms with E-state index >= 15 is 0 Å². The van der Waals surface area contributed by atoms with Gasteiger partial charge in [0.15, 0.2) is 0 Å². The summed E-state index contributed by atoms with van der Waals surface area (Å²) >= 11 is 0. The number of rotatable bonds is 1. The summed E-state index contributed by atoms with van der Waals surface area (Å²) in [5, 5.41) is 8.47. The predicted molar refractivity (Wildman–Crippen MR) is 40.9 cm³/mol. The number of benzene rings is 1. The Labute approximate surface area is 69.2 Å². The monoisotopic (exact) mass is 167 g/mol. The van der Waals surface area contributed by atoms with Crippen LogP contribution in [0.2, 0.25) is 0 Å². The van der Waals surface area contributed by atoms with Crippen molar-refractivity contribution in [1.29, 1.82) is 5.26 Å². The van der Waals surface area contributed by atoms with Crippen molar-refractivity contribution in [1.82, 2.24) is 0 Å². The molecule has 0 spiro atoms. The largest absolute Gasteiger partial charge is 0.265 e. The van der Waals surface area contributed by atoms with Gasteiger partial charge >= 0.3 is 0 Å². The van der Waals surface area contributed by atoms with Crippen molar-refractivity contribution >= 4 is 0 Å². The lowest BCUT2D eigenvalue weighted by Gasteiger charge is -2.02. The van der Waals surface area contributed by atoms with Crippen molar-refractivity contribution < 1.29 is 8.78 Å². The van der Waals surface area contributed by atoms with Gasteiger partial charge in [-0.2, -0.15) is 5.26 Å². The fourth-order valence-corrected chi connectivity index (χ4v) is 0.965. The van der Waals surface area contributed by atoms with E-state index in [2.05, 4.69) is 0 Å². The van der Waals surface area contributed by atoms with Gasteiger partial charge in [-0.3, -0.25) is 0 Å². The van der Waals surface area contributed by atoms with Gasteiger partial charge in [0.1, 0.15) is 0 Å². The first-order valence-corrected chi connectivity index (χ1v) is 3.44. The molecule has 0 bridgehead atoms. The maximum absolute atomic E-state index is 12.2. The lowest BCUT2D eigenvalue weighted by atomic mass is 10.1. The number of hydrogen-bond acceptors (Lipinski definition) is 1. The normalized spacial score (nSPS) is 9.92. The molecule has 62 valence electrons. The third-order valence-electron chi connectivity index (χ3n) is 1.56. The molecule has 0 saturated heterocycles. The zero-order valence-electron chi connectivity index (χ0n) is 6.51. The van der Waals surface area contributed by atoms with Gasteiger partial charge in [-0.15, -0.1) is 0 Å². The van der Waals surface area contributed by atoms with Gasteiger partial charge in [0.25, 0.3) is 6.43 Å². The SMILES string of the molecule is Cc1ccc(C#N)c(C(F)F)c1. The Morgan fingerprint density at radius 1 is 1.42 bits per heavy atom. The molecule has 1 aromatic rings. The van der Waals surface area contributed by atoms with E-state index in [1.165, 1.54) is 12.1 Å². The minimum Gasteiger partial charge on any atom is -0.205 e. The Kier molecular flexibility index (Phi) is 2.39. The van der Waals surface area contributed by atoms with Crippen LogP contribution >= 0.6 is 0 Å². The highest BCUT2D eigenvalue weighted by Gasteiger charge is 2.11. The third kappa shape index (κ3) is 1.59. The molecule has 0 unspecified atom stereocenters. The van der Waals surface area contributed by atoms with Crippen LogP contribution in [0.5, 0.6) is 0 Å². The second kappa shape index (κ2) is 3.31. The van der Waals surface area contributed by atoms with E-state index in [1.54, 1.807) is 19.1 Å². The van der Waals surface area contributed by atoms with E-state index in [1.807, 2.05) is 0 Å². The molecule has 1 aromatic carbocycles. The van der Waals surface area contributed by atoms with Crippen molar-refractivity contribution in [2.24, 2.45) is 0 Å². The fourth-order valence-electron chi connectivity index (χ4n) is 0.965. The van der Waals surface area contributed by atoms with Crippen molar-refractivity contribution in [2.75, 3.05) is 0 Å². The van der Waals surface area contributed by atoms with Crippen LogP contribution in [0.4, 0.5) is 8.78 Å². The highest BCUT2D eigenvalue weighted by molar-refractivity contribution is 5.40. The molecule has 0 aliphatic heterocycles. The molecule has 3 heteroatoms. The van der Waals surface area contributed by atoms with Gasteiger partial charge < -0.3 is 0 Å². The zero-order chi connectivity index (χ0) is 9.14. The predicted octanol–water partition coefficient (Wildman–Crippen LogP) is 2.80. The quantitative estimate of drug-likeness (QED) is 0.630. The fraction of sp³-hybridized carbons (Fsp3) is 0.222. The zero-order valence-corrected chi connectivity index (χ0v) is 6.51. The minimum atomic E-state index is -2.57. The number of alkyl halides is 2. The minimum absolute atomic E-state index is 0.0515.